The van der Waals surface area contributed by atoms with Gasteiger partial charge in [0.1, 0.15) is 6.61 Å². The highest BCUT2D eigenvalue weighted by Gasteiger charge is 2.22. The lowest BCUT2D eigenvalue weighted by molar-refractivity contribution is -0.384. The van der Waals surface area contributed by atoms with Gasteiger partial charge in [-0.2, -0.15) is 0 Å². The van der Waals surface area contributed by atoms with Crippen molar-refractivity contribution >= 4 is 46.2 Å². The summed E-state index contributed by atoms with van der Waals surface area (Å²) < 4.78 is 11.1. The number of methoxy groups -OCH3 is 1. The molecule has 1 fully saturated rings. The smallest absolute Gasteiger partial charge is 0.269 e. The third-order valence-corrected chi connectivity index (χ3v) is 4.83. The molecule has 0 atom stereocenters. The van der Waals surface area contributed by atoms with E-state index >= 15 is 0 Å². The molecule has 2 aromatic carbocycles. The Morgan fingerprint density at radius 2 is 2.14 bits per heavy atom. The number of rotatable bonds is 6. The van der Waals surface area contributed by atoms with E-state index in [9.17, 15) is 14.9 Å². The first-order valence-corrected chi connectivity index (χ1v) is 9.10. The topological polar surface area (TPSA) is 115 Å². The fraction of sp³-hybridized carbons (Fsp3) is 0.111. The van der Waals surface area contributed by atoms with Gasteiger partial charge in [0.15, 0.2) is 16.7 Å². The number of ether oxygens (including phenoxy) is 2. The molecule has 2 N–H and O–H groups in total. The standard InChI is InChI=1S/C18H14ClN3O5S/c1-26-14-7-11(8-15-17(23)21-18(20)28-15)6-13(19)16(14)27-9-10-3-2-4-12(5-10)22(24)25/h2-8H,9H2,1H3,(H2,20,21,23). The van der Waals surface area contributed by atoms with Gasteiger partial charge in [-0.3, -0.25) is 20.3 Å². The normalized spacial score (nSPS) is 14.9. The maximum atomic E-state index is 11.8. The molecule has 2 aromatic rings. The summed E-state index contributed by atoms with van der Waals surface area (Å²) in [5, 5.41) is 21.1. The van der Waals surface area contributed by atoms with Crippen molar-refractivity contribution in [2.75, 3.05) is 7.11 Å². The average molecular weight is 420 g/mol. The maximum absolute atomic E-state index is 11.8. The van der Waals surface area contributed by atoms with Crippen LogP contribution >= 0.6 is 23.4 Å². The summed E-state index contributed by atoms with van der Waals surface area (Å²) in [4.78, 5) is 22.5. The molecule has 0 radical (unpaired) electrons. The quantitative estimate of drug-likeness (QED) is 0.416. The van der Waals surface area contributed by atoms with Crippen LogP contribution in [0.1, 0.15) is 11.1 Å². The minimum Gasteiger partial charge on any atom is -0.493 e. The molecule has 1 aliphatic rings. The summed E-state index contributed by atoms with van der Waals surface area (Å²) in [5.41, 5.74) is 1.19. The van der Waals surface area contributed by atoms with Gasteiger partial charge in [0.05, 0.1) is 22.0 Å². The number of halogens is 1. The molecule has 8 nitrogen and oxygen atoms in total. The first-order chi connectivity index (χ1) is 13.4. The van der Waals surface area contributed by atoms with E-state index in [1.165, 1.54) is 19.2 Å². The molecule has 1 amide bonds. The van der Waals surface area contributed by atoms with Gasteiger partial charge in [0.2, 0.25) is 0 Å². The predicted molar refractivity (Wildman–Crippen MR) is 107 cm³/mol. The number of hydrogen-bond acceptors (Lipinski definition) is 7. The number of hydrogen-bond donors (Lipinski definition) is 2. The van der Waals surface area contributed by atoms with Gasteiger partial charge >= 0.3 is 0 Å². The van der Waals surface area contributed by atoms with Crippen molar-refractivity contribution in [3.05, 3.63) is 67.6 Å². The number of thioether (sulfide) groups is 1. The molecule has 10 heteroatoms. The molecule has 0 saturated carbocycles. The molecule has 0 unspecified atom stereocenters. The number of benzene rings is 2. The van der Waals surface area contributed by atoms with Gasteiger partial charge in [-0.05, 0) is 41.1 Å². The van der Waals surface area contributed by atoms with Gasteiger partial charge in [-0.25, -0.2) is 0 Å². The second-order valence-electron chi connectivity index (χ2n) is 5.64. The summed E-state index contributed by atoms with van der Waals surface area (Å²) in [6, 6.07) is 9.36. The Bertz CT molecular complexity index is 1010. The first-order valence-electron chi connectivity index (χ1n) is 7.90. The van der Waals surface area contributed by atoms with Crippen molar-refractivity contribution in [2.24, 2.45) is 0 Å². The highest BCUT2D eigenvalue weighted by molar-refractivity contribution is 8.18. The Morgan fingerprint density at radius 3 is 2.79 bits per heavy atom. The molecule has 0 aliphatic carbocycles. The molecule has 0 aromatic heterocycles. The molecule has 0 bridgehead atoms. The summed E-state index contributed by atoms with van der Waals surface area (Å²) in [6.45, 7) is 0.0631. The molecule has 28 heavy (non-hydrogen) atoms. The average Bonchev–Trinajstić information content (AvgIpc) is 2.97. The summed E-state index contributed by atoms with van der Waals surface area (Å²) in [5.74, 6) is 0.286. The van der Waals surface area contributed by atoms with Crippen LogP contribution in [0.15, 0.2) is 41.3 Å². The van der Waals surface area contributed by atoms with Crippen LogP contribution < -0.4 is 14.8 Å². The molecule has 0 spiro atoms. The van der Waals surface area contributed by atoms with Gasteiger partial charge in [-0.1, -0.05) is 23.7 Å². The van der Waals surface area contributed by atoms with Crippen molar-refractivity contribution in [2.45, 2.75) is 6.61 Å². The second kappa shape index (κ2) is 8.32. The van der Waals surface area contributed by atoms with E-state index in [0.717, 1.165) is 11.8 Å². The van der Waals surface area contributed by atoms with E-state index in [0.29, 0.717) is 21.8 Å². The first kappa shape index (κ1) is 19.7. The Morgan fingerprint density at radius 1 is 1.36 bits per heavy atom. The summed E-state index contributed by atoms with van der Waals surface area (Å²) >= 11 is 7.34. The number of carbonyl (C=O) groups excluding carboxylic acids is 1. The third-order valence-electron chi connectivity index (χ3n) is 3.72. The number of amidine groups is 1. The van der Waals surface area contributed by atoms with Crippen LogP contribution in [0, 0.1) is 15.5 Å². The molecule has 1 heterocycles. The highest BCUT2D eigenvalue weighted by atomic mass is 35.5. The van der Waals surface area contributed by atoms with Crippen LogP contribution in [-0.2, 0) is 11.4 Å². The molecular weight excluding hydrogens is 406 g/mol. The number of carbonyl (C=O) groups is 1. The monoisotopic (exact) mass is 419 g/mol. The summed E-state index contributed by atoms with van der Waals surface area (Å²) in [7, 11) is 1.45. The van der Waals surface area contributed by atoms with Crippen molar-refractivity contribution in [3.8, 4) is 11.5 Å². The lowest BCUT2D eigenvalue weighted by Crippen LogP contribution is -2.18. The largest absolute Gasteiger partial charge is 0.493 e. The fourth-order valence-corrected chi connectivity index (χ4v) is 3.45. The highest BCUT2D eigenvalue weighted by Crippen LogP contribution is 2.38. The lowest BCUT2D eigenvalue weighted by Gasteiger charge is -2.13. The van der Waals surface area contributed by atoms with Gasteiger partial charge < -0.3 is 14.8 Å². The lowest BCUT2D eigenvalue weighted by atomic mass is 10.1. The zero-order valence-electron chi connectivity index (χ0n) is 14.5. The van der Waals surface area contributed by atoms with Crippen molar-refractivity contribution < 1.29 is 19.2 Å². The van der Waals surface area contributed by atoms with Crippen LogP contribution in [0.2, 0.25) is 5.02 Å². The van der Waals surface area contributed by atoms with Crippen LogP contribution in [0.3, 0.4) is 0 Å². The number of nitrogens with one attached hydrogen (secondary N) is 2. The van der Waals surface area contributed by atoms with E-state index in [1.807, 2.05) is 0 Å². The minimum absolute atomic E-state index is 0.0287. The zero-order valence-corrected chi connectivity index (χ0v) is 16.1. The van der Waals surface area contributed by atoms with Crippen LogP contribution in [-0.4, -0.2) is 23.1 Å². The predicted octanol–water partition coefficient (Wildman–Crippen LogP) is 3.97. The van der Waals surface area contributed by atoms with Crippen molar-refractivity contribution in [1.29, 1.82) is 5.41 Å². The Balaban J connectivity index is 1.83. The summed E-state index contributed by atoms with van der Waals surface area (Å²) in [6.07, 6.45) is 1.60. The fourth-order valence-electron chi connectivity index (χ4n) is 2.47. The number of amides is 1. The minimum atomic E-state index is -0.476. The molecule has 1 saturated heterocycles. The maximum Gasteiger partial charge on any atom is 0.269 e. The second-order valence-corrected chi connectivity index (χ2v) is 7.10. The van der Waals surface area contributed by atoms with E-state index in [4.69, 9.17) is 26.5 Å². The number of nitrogens with zero attached hydrogens (tertiary/aromatic N) is 1. The van der Waals surface area contributed by atoms with Crippen molar-refractivity contribution in [1.82, 2.24) is 5.32 Å². The van der Waals surface area contributed by atoms with Gasteiger partial charge in [-0.15, -0.1) is 0 Å². The number of non-ortho nitro benzene ring substituents is 1. The van der Waals surface area contributed by atoms with E-state index in [-0.39, 0.29) is 34.1 Å². The Hall–Kier alpha value is -3.04. The third kappa shape index (κ3) is 4.44. The van der Waals surface area contributed by atoms with Gasteiger partial charge in [0, 0.05) is 12.1 Å². The Kier molecular flexibility index (Phi) is 5.86. The van der Waals surface area contributed by atoms with Crippen LogP contribution in [0.5, 0.6) is 11.5 Å². The van der Waals surface area contributed by atoms with Crippen LogP contribution in [0.25, 0.3) is 6.08 Å². The molecule has 3 rings (SSSR count). The zero-order chi connectivity index (χ0) is 20.3. The van der Waals surface area contributed by atoms with Crippen LogP contribution in [0.4, 0.5) is 5.69 Å². The molecular formula is C18H14ClN3O5S. The SMILES string of the molecule is COc1cc(C=C2SC(=N)NC2=O)cc(Cl)c1OCc1cccc([N+](=O)[O-])c1. The van der Waals surface area contributed by atoms with E-state index in [2.05, 4.69) is 5.32 Å². The number of nitro groups is 1. The van der Waals surface area contributed by atoms with E-state index < -0.39 is 4.92 Å². The Labute approximate surface area is 169 Å². The van der Waals surface area contributed by atoms with Gasteiger partial charge in [0.25, 0.3) is 11.6 Å². The van der Waals surface area contributed by atoms with E-state index in [1.54, 1.807) is 30.3 Å². The number of nitro benzene ring substituents is 1. The molecule has 1 aliphatic heterocycles. The molecule has 144 valence electrons. The van der Waals surface area contributed by atoms with Crippen molar-refractivity contribution in [3.63, 3.8) is 0 Å².